The van der Waals surface area contributed by atoms with Crippen LogP contribution in [0.2, 0.25) is 0 Å². The van der Waals surface area contributed by atoms with E-state index in [-0.39, 0.29) is 0 Å². The van der Waals surface area contributed by atoms with Crippen LogP contribution in [-0.4, -0.2) is 20.1 Å². The van der Waals surface area contributed by atoms with E-state index < -0.39 is 5.91 Å². The summed E-state index contributed by atoms with van der Waals surface area (Å²) in [5.74, 6) is 0.901. The van der Waals surface area contributed by atoms with Gasteiger partial charge in [-0.15, -0.1) is 0 Å². The number of carbonyl (C=O) groups excluding carboxylic acids is 1. The highest BCUT2D eigenvalue weighted by molar-refractivity contribution is 6.00. The monoisotopic (exact) mass is 285 g/mol. The van der Waals surface area contributed by atoms with E-state index in [9.17, 15) is 4.79 Å². The van der Waals surface area contributed by atoms with Gasteiger partial charge in [0.05, 0.1) is 14.2 Å². The third-order valence-electron chi connectivity index (χ3n) is 3.44. The van der Waals surface area contributed by atoms with E-state index in [1.165, 1.54) is 0 Å². The molecule has 0 aliphatic rings. The molecule has 0 aliphatic heterocycles. The zero-order valence-corrected chi connectivity index (χ0v) is 12.5. The van der Waals surface area contributed by atoms with E-state index in [4.69, 9.17) is 15.2 Å². The van der Waals surface area contributed by atoms with Gasteiger partial charge < -0.3 is 15.2 Å². The lowest BCUT2D eigenvalue weighted by Crippen LogP contribution is -2.13. The normalized spacial score (nSPS) is 10.2. The second kappa shape index (κ2) is 6.31. The minimum absolute atomic E-state index is 0.443. The molecule has 0 atom stereocenters. The lowest BCUT2D eigenvalue weighted by Gasteiger charge is -2.14. The van der Waals surface area contributed by atoms with Gasteiger partial charge in [0.25, 0.3) is 0 Å². The smallest absolute Gasteiger partial charge is 0.249 e. The number of benzene rings is 2. The number of methoxy groups -OCH3 is 2. The Balaban J connectivity index is 2.73. The average molecular weight is 285 g/mol. The van der Waals surface area contributed by atoms with Gasteiger partial charge in [0.2, 0.25) is 5.91 Å². The Bertz CT molecular complexity index is 643. The highest BCUT2D eigenvalue weighted by atomic mass is 16.5. The topological polar surface area (TPSA) is 61.6 Å². The van der Waals surface area contributed by atoms with Gasteiger partial charge in [-0.3, -0.25) is 4.79 Å². The van der Waals surface area contributed by atoms with Crippen molar-refractivity contribution in [3.05, 3.63) is 47.5 Å². The van der Waals surface area contributed by atoms with Crippen molar-refractivity contribution in [2.24, 2.45) is 5.73 Å². The van der Waals surface area contributed by atoms with Crippen LogP contribution in [0.25, 0.3) is 11.1 Å². The quantitative estimate of drug-likeness (QED) is 0.918. The Morgan fingerprint density at radius 2 is 1.71 bits per heavy atom. The fourth-order valence-corrected chi connectivity index (χ4v) is 2.39. The van der Waals surface area contributed by atoms with Crippen molar-refractivity contribution in [1.29, 1.82) is 0 Å². The summed E-state index contributed by atoms with van der Waals surface area (Å²) in [6, 6.07) is 11.1. The molecule has 2 rings (SSSR count). The molecule has 2 aromatic rings. The van der Waals surface area contributed by atoms with Crippen molar-refractivity contribution in [3.8, 4) is 22.6 Å². The summed E-state index contributed by atoms with van der Waals surface area (Å²) in [7, 11) is 3.19. The first-order chi connectivity index (χ1) is 10.1. The first-order valence-corrected chi connectivity index (χ1v) is 6.75. The molecule has 0 saturated heterocycles. The summed E-state index contributed by atoms with van der Waals surface area (Å²) in [5.41, 5.74) is 8.77. The summed E-state index contributed by atoms with van der Waals surface area (Å²) in [6.07, 6.45) is 0.802. The molecule has 4 nitrogen and oxygen atoms in total. The molecule has 2 N–H and O–H groups in total. The van der Waals surface area contributed by atoms with Crippen molar-refractivity contribution >= 4 is 5.91 Å². The molecule has 1 amide bonds. The summed E-state index contributed by atoms with van der Waals surface area (Å²) in [5, 5.41) is 0. The van der Waals surface area contributed by atoms with Gasteiger partial charge in [-0.1, -0.05) is 19.1 Å². The van der Waals surface area contributed by atoms with E-state index in [2.05, 4.69) is 0 Å². The summed E-state index contributed by atoms with van der Waals surface area (Å²) in [6.45, 7) is 2.04. The number of hydrogen-bond acceptors (Lipinski definition) is 3. The number of nitrogens with two attached hydrogens (primary N) is 1. The molecule has 0 aliphatic carbocycles. The highest BCUT2D eigenvalue weighted by Crippen LogP contribution is 2.34. The fourth-order valence-electron chi connectivity index (χ4n) is 2.39. The zero-order chi connectivity index (χ0) is 15.4. The third kappa shape index (κ3) is 2.99. The van der Waals surface area contributed by atoms with Crippen LogP contribution in [0.1, 0.15) is 22.8 Å². The summed E-state index contributed by atoms with van der Waals surface area (Å²) in [4.78, 5) is 11.7. The number of primary amides is 1. The van der Waals surface area contributed by atoms with Gasteiger partial charge in [-0.25, -0.2) is 0 Å². The average Bonchev–Trinajstić information content (AvgIpc) is 2.53. The van der Waals surface area contributed by atoms with Crippen LogP contribution in [0.3, 0.4) is 0 Å². The SMILES string of the molecule is CCc1cccc(C(N)=O)c1-c1cc(OC)cc(OC)c1. The van der Waals surface area contributed by atoms with Crippen molar-refractivity contribution in [2.45, 2.75) is 13.3 Å². The minimum Gasteiger partial charge on any atom is -0.497 e. The fraction of sp³-hybridized carbons (Fsp3) is 0.235. The van der Waals surface area contributed by atoms with Crippen LogP contribution in [0.5, 0.6) is 11.5 Å². The molecular weight excluding hydrogens is 266 g/mol. The summed E-state index contributed by atoms with van der Waals surface area (Å²) < 4.78 is 10.6. The number of amides is 1. The van der Waals surface area contributed by atoms with Crippen LogP contribution < -0.4 is 15.2 Å². The van der Waals surface area contributed by atoms with Gasteiger partial charge in [0, 0.05) is 11.6 Å². The molecule has 21 heavy (non-hydrogen) atoms. The van der Waals surface area contributed by atoms with Crippen LogP contribution in [0.15, 0.2) is 36.4 Å². The molecule has 0 unspecified atom stereocenters. The molecule has 2 aromatic carbocycles. The number of ether oxygens (including phenoxy) is 2. The van der Waals surface area contributed by atoms with E-state index in [0.717, 1.165) is 23.1 Å². The first-order valence-electron chi connectivity index (χ1n) is 6.75. The number of carbonyl (C=O) groups is 1. The number of aryl methyl sites for hydroxylation is 1. The molecule has 0 radical (unpaired) electrons. The molecule has 0 saturated carbocycles. The maximum absolute atomic E-state index is 11.7. The maximum atomic E-state index is 11.7. The molecule has 0 spiro atoms. The Morgan fingerprint density at radius 1 is 1.10 bits per heavy atom. The Hall–Kier alpha value is -2.49. The molecule has 110 valence electrons. The zero-order valence-electron chi connectivity index (χ0n) is 12.5. The number of rotatable bonds is 5. The van der Waals surface area contributed by atoms with Gasteiger partial charge >= 0.3 is 0 Å². The molecule has 0 bridgehead atoms. The molecule has 0 heterocycles. The van der Waals surface area contributed by atoms with Gasteiger partial charge in [0.15, 0.2) is 0 Å². The standard InChI is InChI=1S/C17H19NO3/c1-4-11-6-5-7-15(17(18)19)16(11)12-8-13(20-2)10-14(9-12)21-3/h5-10H,4H2,1-3H3,(H2,18,19). The van der Waals surface area contributed by atoms with E-state index in [1.807, 2.05) is 31.2 Å². The molecular formula is C17H19NO3. The Morgan fingerprint density at radius 3 is 2.19 bits per heavy atom. The van der Waals surface area contributed by atoms with Crippen LogP contribution in [-0.2, 0) is 6.42 Å². The first kappa shape index (κ1) is 14.9. The van der Waals surface area contributed by atoms with Crippen molar-refractivity contribution < 1.29 is 14.3 Å². The van der Waals surface area contributed by atoms with E-state index in [0.29, 0.717) is 17.1 Å². The minimum atomic E-state index is -0.443. The lowest BCUT2D eigenvalue weighted by molar-refractivity contribution is 0.100. The Labute approximate surface area is 124 Å². The van der Waals surface area contributed by atoms with Gasteiger partial charge in [-0.05, 0) is 41.3 Å². The van der Waals surface area contributed by atoms with Crippen molar-refractivity contribution in [1.82, 2.24) is 0 Å². The van der Waals surface area contributed by atoms with E-state index in [1.54, 1.807) is 26.4 Å². The predicted octanol–water partition coefficient (Wildman–Crippen LogP) is 3.03. The van der Waals surface area contributed by atoms with Crippen molar-refractivity contribution in [2.75, 3.05) is 14.2 Å². The van der Waals surface area contributed by atoms with E-state index >= 15 is 0 Å². The lowest BCUT2D eigenvalue weighted by atomic mass is 9.92. The van der Waals surface area contributed by atoms with Crippen LogP contribution in [0.4, 0.5) is 0 Å². The largest absolute Gasteiger partial charge is 0.497 e. The van der Waals surface area contributed by atoms with Crippen LogP contribution >= 0.6 is 0 Å². The highest BCUT2D eigenvalue weighted by Gasteiger charge is 2.15. The second-order valence-corrected chi connectivity index (χ2v) is 4.66. The Kier molecular flexibility index (Phi) is 4.48. The van der Waals surface area contributed by atoms with Crippen molar-refractivity contribution in [3.63, 3.8) is 0 Å². The third-order valence-corrected chi connectivity index (χ3v) is 3.44. The number of hydrogen-bond donors (Lipinski definition) is 1. The molecule has 0 aromatic heterocycles. The van der Waals surface area contributed by atoms with Gasteiger partial charge in [0.1, 0.15) is 11.5 Å². The molecule has 4 heteroatoms. The summed E-state index contributed by atoms with van der Waals surface area (Å²) >= 11 is 0. The maximum Gasteiger partial charge on any atom is 0.249 e. The molecule has 0 fully saturated rings. The van der Waals surface area contributed by atoms with Crippen LogP contribution in [0, 0.1) is 0 Å². The second-order valence-electron chi connectivity index (χ2n) is 4.66. The predicted molar refractivity (Wildman–Crippen MR) is 82.9 cm³/mol. The van der Waals surface area contributed by atoms with Gasteiger partial charge in [-0.2, -0.15) is 0 Å².